The molecule has 9 heteroatoms. The first-order chi connectivity index (χ1) is 17.4. The summed E-state index contributed by atoms with van der Waals surface area (Å²) in [7, 11) is -0.221. The van der Waals surface area contributed by atoms with E-state index in [0.29, 0.717) is 29.9 Å². The number of likely N-dealkylation sites (tertiary alicyclic amines) is 1. The molecule has 2 heterocycles. The second kappa shape index (κ2) is 9.50. The summed E-state index contributed by atoms with van der Waals surface area (Å²) >= 11 is 0. The second-order valence-electron chi connectivity index (χ2n) is 8.66. The minimum atomic E-state index is -3.85. The van der Waals surface area contributed by atoms with Crippen LogP contribution < -0.4 is 14.4 Å². The average molecular weight is 503 g/mol. The predicted molar refractivity (Wildman–Crippen MR) is 140 cm³/mol. The number of nitrogens with one attached hydrogen (secondary N) is 1. The molecule has 1 aliphatic rings. The number of aromatic nitrogens is 1. The summed E-state index contributed by atoms with van der Waals surface area (Å²) in [4.78, 5) is 21.2. The Balaban J connectivity index is 1.25. The number of carbonyl (C=O) groups is 1. The molecule has 1 N–H and O–H groups in total. The molecule has 1 saturated heterocycles. The number of rotatable bonds is 7. The Kier molecular flexibility index (Phi) is 6.24. The van der Waals surface area contributed by atoms with E-state index < -0.39 is 10.0 Å². The molecule has 36 heavy (non-hydrogen) atoms. The van der Waals surface area contributed by atoms with Crippen molar-refractivity contribution in [2.24, 2.45) is 0 Å². The fourth-order valence-electron chi connectivity index (χ4n) is 4.33. The molecule has 1 aliphatic heterocycles. The molecule has 0 atom stereocenters. The zero-order valence-corrected chi connectivity index (χ0v) is 20.8. The summed E-state index contributed by atoms with van der Waals surface area (Å²) in [5, 5.41) is 0.836. The molecule has 0 radical (unpaired) electrons. The van der Waals surface area contributed by atoms with Crippen molar-refractivity contribution in [3.8, 4) is 5.75 Å². The standard InChI is InChI=1S/C27H26N4O4S/c1-30(24-10-3-4-11-25(24)35-2)21-17-31(18-21)27(32)20-12-14-22(15-13-20)36(33,34)29-23-9-5-7-19-8-6-16-28-26(19)23/h3-16,21,29H,17-18H2,1-2H3. The summed E-state index contributed by atoms with van der Waals surface area (Å²) in [6, 6.07) is 22.9. The van der Waals surface area contributed by atoms with Crippen LogP contribution >= 0.6 is 0 Å². The van der Waals surface area contributed by atoms with E-state index in [1.165, 1.54) is 12.1 Å². The number of likely N-dealkylation sites (N-methyl/N-ethyl adjacent to an activating group) is 1. The molecule has 1 amide bonds. The van der Waals surface area contributed by atoms with Crippen LogP contribution in [-0.2, 0) is 10.0 Å². The zero-order valence-electron chi connectivity index (χ0n) is 20.0. The maximum absolute atomic E-state index is 13.0. The van der Waals surface area contributed by atoms with Crippen LogP contribution in [0.4, 0.5) is 11.4 Å². The van der Waals surface area contributed by atoms with Crippen molar-refractivity contribution in [2.45, 2.75) is 10.9 Å². The Morgan fingerprint density at radius 2 is 1.72 bits per heavy atom. The number of methoxy groups -OCH3 is 1. The molecule has 1 fully saturated rings. The predicted octanol–water partition coefficient (Wildman–Crippen LogP) is 4.01. The highest BCUT2D eigenvalue weighted by molar-refractivity contribution is 7.92. The van der Waals surface area contributed by atoms with Crippen LogP contribution in [0.2, 0.25) is 0 Å². The van der Waals surface area contributed by atoms with E-state index in [4.69, 9.17) is 4.74 Å². The van der Waals surface area contributed by atoms with E-state index in [1.807, 2.05) is 43.4 Å². The lowest BCUT2D eigenvalue weighted by atomic mass is 10.0. The Bertz CT molecular complexity index is 1510. The van der Waals surface area contributed by atoms with Crippen molar-refractivity contribution >= 4 is 38.2 Å². The molecule has 0 saturated carbocycles. The van der Waals surface area contributed by atoms with Gasteiger partial charge in [-0.15, -0.1) is 0 Å². The summed E-state index contributed by atoms with van der Waals surface area (Å²) in [6.07, 6.45) is 1.62. The lowest BCUT2D eigenvalue weighted by Gasteiger charge is -2.45. The highest BCUT2D eigenvalue weighted by atomic mass is 32.2. The molecular formula is C27H26N4O4S. The SMILES string of the molecule is COc1ccccc1N(C)C1CN(C(=O)c2ccc(S(=O)(=O)Nc3cccc4cccnc34)cc2)C1. The summed E-state index contributed by atoms with van der Waals surface area (Å²) in [5.74, 6) is 0.657. The molecule has 0 bridgehead atoms. The van der Waals surface area contributed by atoms with Gasteiger partial charge in [-0.1, -0.05) is 30.3 Å². The van der Waals surface area contributed by atoms with Gasteiger partial charge >= 0.3 is 0 Å². The smallest absolute Gasteiger partial charge is 0.261 e. The number of amides is 1. The maximum atomic E-state index is 13.0. The highest BCUT2D eigenvalue weighted by Crippen LogP contribution is 2.31. The second-order valence-corrected chi connectivity index (χ2v) is 10.3. The number of para-hydroxylation sites is 3. The molecule has 0 unspecified atom stereocenters. The Morgan fingerprint density at radius 3 is 2.47 bits per heavy atom. The third kappa shape index (κ3) is 4.45. The molecule has 4 aromatic rings. The monoisotopic (exact) mass is 502 g/mol. The quantitative estimate of drug-likeness (QED) is 0.411. The van der Waals surface area contributed by atoms with Gasteiger partial charge in [0.15, 0.2) is 0 Å². The summed E-state index contributed by atoms with van der Waals surface area (Å²) in [5.41, 5.74) is 2.39. The van der Waals surface area contributed by atoms with Crippen LogP contribution in [0.3, 0.4) is 0 Å². The van der Waals surface area contributed by atoms with Gasteiger partial charge in [-0.05, 0) is 48.5 Å². The van der Waals surface area contributed by atoms with Crippen molar-refractivity contribution in [3.63, 3.8) is 0 Å². The van der Waals surface area contributed by atoms with Gasteiger partial charge in [0.2, 0.25) is 0 Å². The van der Waals surface area contributed by atoms with E-state index >= 15 is 0 Å². The van der Waals surface area contributed by atoms with E-state index in [-0.39, 0.29) is 16.8 Å². The van der Waals surface area contributed by atoms with Crippen LogP contribution in [0.5, 0.6) is 5.75 Å². The van der Waals surface area contributed by atoms with Crippen molar-refractivity contribution in [1.82, 2.24) is 9.88 Å². The van der Waals surface area contributed by atoms with Crippen molar-refractivity contribution in [1.29, 1.82) is 0 Å². The van der Waals surface area contributed by atoms with Gasteiger partial charge in [0.05, 0.1) is 34.9 Å². The molecule has 3 aromatic carbocycles. The van der Waals surface area contributed by atoms with E-state index in [9.17, 15) is 13.2 Å². The van der Waals surface area contributed by atoms with E-state index in [2.05, 4.69) is 14.6 Å². The number of nitrogens with zero attached hydrogens (tertiary/aromatic N) is 3. The first-order valence-electron chi connectivity index (χ1n) is 11.5. The zero-order chi connectivity index (χ0) is 25.3. The minimum Gasteiger partial charge on any atom is -0.495 e. The number of benzene rings is 3. The molecule has 0 spiro atoms. The van der Waals surface area contributed by atoms with Crippen LogP contribution in [0.15, 0.2) is 90.0 Å². The van der Waals surface area contributed by atoms with Gasteiger partial charge in [-0.2, -0.15) is 0 Å². The number of anilines is 2. The third-order valence-electron chi connectivity index (χ3n) is 6.45. The van der Waals surface area contributed by atoms with Gasteiger partial charge < -0.3 is 14.5 Å². The van der Waals surface area contributed by atoms with Gasteiger partial charge in [-0.3, -0.25) is 14.5 Å². The number of hydrogen-bond donors (Lipinski definition) is 1. The number of carbonyl (C=O) groups excluding carboxylic acids is 1. The summed E-state index contributed by atoms with van der Waals surface area (Å²) < 4.78 is 34.0. The van der Waals surface area contributed by atoms with Crippen LogP contribution in [0.1, 0.15) is 10.4 Å². The van der Waals surface area contributed by atoms with Gasteiger partial charge in [0, 0.05) is 37.3 Å². The van der Waals surface area contributed by atoms with Gasteiger partial charge in [0.25, 0.3) is 15.9 Å². The highest BCUT2D eigenvalue weighted by Gasteiger charge is 2.34. The Labute approximate surface area is 210 Å². The average Bonchev–Trinajstić information content (AvgIpc) is 2.87. The van der Waals surface area contributed by atoms with Gasteiger partial charge in [0.1, 0.15) is 5.75 Å². The van der Waals surface area contributed by atoms with Crippen molar-refractivity contribution < 1.29 is 17.9 Å². The lowest BCUT2D eigenvalue weighted by molar-refractivity contribution is 0.0603. The van der Waals surface area contributed by atoms with E-state index in [0.717, 1.165) is 16.8 Å². The topological polar surface area (TPSA) is 91.8 Å². The molecule has 184 valence electrons. The molecule has 5 rings (SSSR count). The van der Waals surface area contributed by atoms with Crippen molar-refractivity contribution in [2.75, 3.05) is 36.9 Å². The fraction of sp³-hybridized carbons (Fsp3) is 0.185. The molecular weight excluding hydrogens is 476 g/mol. The van der Waals surface area contributed by atoms with Crippen LogP contribution in [0.25, 0.3) is 10.9 Å². The largest absolute Gasteiger partial charge is 0.495 e. The Morgan fingerprint density at radius 1 is 1.00 bits per heavy atom. The normalized spacial score (nSPS) is 13.8. The van der Waals surface area contributed by atoms with Crippen LogP contribution in [-0.4, -0.2) is 57.5 Å². The first-order valence-corrected chi connectivity index (χ1v) is 13.0. The first kappa shape index (κ1) is 23.6. The fourth-order valence-corrected chi connectivity index (χ4v) is 5.40. The number of sulfonamides is 1. The molecule has 0 aliphatic carbocycles. The van der Waals surface area contributed by atoms with Gasteiger partial charge in [-0.25, -0.2) is 8.42 Å². The minimum absolute atomic E-state index is 0.0735. The Hall–Kier alpha value is -4.11. The molecule has 8 nitrogen and oxygen atoms in total. The number of fused-ring (bicyclic) bond motifs is 1. The van der Waals surface area contributed by atoms with Crippen molar-refractivity contribution in [3.05, 3.63) is 90.6 Å². The lowest BCUT2D eigenvalue weighted by Crippen LogP contribution is -2.60. The summed E-state index contributed by atoms with van der Waals surface area (Å²) in [6.45, 7) is 1.14. The third-order valence-corrected chi connectivity index (χ3v) is 7.83. The van der Waals surface area contributed by atoms with Crippen LogP contribution in [0, 0.1) is 0 Å². The maximum Gasteiger partial charge on any atom is 0.261 e. The number of hydrogen-bond acceptors (Lipinski definition) is 6. The number of ether oxygens (including phenoxy) is 1. The number of pyridine rings is 1. The molecule has 1 aromatic heterocycles. The van der Waals surface area contributed by atoms with E-state index in [1.54, 1.807) is 48.5 Å².